The van der Waals surface area contributed by atoms with E-state index >= 15 is 0 Å². The summed E-state index contributed by atoms with van der Waals surface area (Å²) in [5, 5.41) is 0. The van der Waals surface area contributed by atoms with E-state index in [1.807, 2.05) is 0 Å². The first-order valence-corrected chi connectivity index (χ1v) is 4.78. The summed E-state index contributed by atoms with van der Waals surface area (Å²) >= 11 is 6.47. The van der Waals surface area contributed by atoms with Crippen molar-refractivity contribution in [2.45, 2.75) is 0 Å². The van der Waals surface area contributed by atoms with Crippen LogP contribution in [0.15, 0.2) is 27.1 Å². The van der Waals surface area contributed by atoms with E-state index in [-0.39, 0.29) is 0 Å². The number of ketones is 1. The van der Waals surface area contributed by atoms with E-state index in [0.29, 0.717) is 5.56 Å². The Kier molecular flexibility index (Phi) is 3.40. The molecule has 0 aliphatic heterocycles. The lowest BCUT2D eigenvalue weighted by Crippen LogP contribution is -2.00. The molecule has 0 unspecified atom stereocenters. The first kappa shape index (κ1) is 9.86. The van der Waals surface area contributed by atoms with Crippen LogP contribution in [0.4, 0.5) is 4.39 Å². The Morgan fingerprint density at radius 1 is 1.33 bits per heavy atom. The lowest BCUT2D eigenvalue weighted by molar-refractivity contribution is 0.0958. The SMILES string of the molecule is O=C(CF)c1ccc(Br)c(Br)c1. The molecule has 0 amide bonds. The molecule has 0 bridgehead atoms. The van der Waals surface area contributed by atoms with Crippen LogP contribution in [0.3, 0.4) is 0 Å². The molecule has 64 valence electrons. The Morgan fingerprint density at radius 2 is 2.00 bits per heavy atom. The number of halogens is 3. The van der Waals surface area contributed by atoms with Gasteiger partial charge in [-0.1, -0.05) is 6.07 Å². The molecule has 0 saturated carbocycles. The average Bonchev–Trinajstić information content (AvgIpc) is 2.08. The molecule has 0 atom stereocenters. The highest BCUT2D eigenvalue weighted by Crippen LogP contribution is 2.23. The summed E-state index contributed by atoms with van der Waals surface area (Å²) in [5.41, 5.74) is 0.382. The minimum Gasteiger partial charge on any atom is -0.291 e. The highest BCUT2D eigenvalue weighted by atomic mass is 79.9. The Hall–Kier alpha value is -0.220. The van der Waals surface area contributed by atoms with Crippen molar-refractivity contribution >= 4 is 37.6 Å². The lowest BCUT2D eigenvalue weighted by atomic mass is 10.1. The van der Waals surface area contributed by atoms with Gasteiger partial charge in [0.05, 0.1) is 0 Å². The molecule has 0 radical (unpaired) electrons. The molecule has 1 aromatic rings. The molecule has 0 heterocycles. The topological polar surface area (TPSA) is 17.1 Å². The molecule has 12 heavy (non-hydrogen) atoms. The van der Waals surface area contributed by atoms with E-state index in [4.69, 9.17) is 0 Å². The van der Waals surface area contributed by atoms with Crippen molar-refractivity contribution in [3.05, 3.63) is 32.7 Å². The molecular formula is C8H5Br2FO. The van der Waals surface area contributed by atoms with E-state index in [1.165, 1.54) is 0 Å². The Bertz CT molecular complexity index is 312. The molecule has 1 rings (SSSR count). The number of hydrogen-bond acceptors (Lipinski definition) is 1. The van der Waals surface area contributed by atoms with Crippen LogP contribution in [-0.4, -0.2) is 12.5 Å². The molecule has 1 nitrogen and oxygen atoms in total. The second kappa shape index (κ2) is 4.14. The van der Waals surface area contributed by atoms with Gasteiger partial charge in [-0.3, -0.25) is 4.79 Å². The standard InChI is InChI=1S/C8H5Br2FO/c9-6-2-1-5(3-7(6)10)8(12)4-11/h1-3H,4H2. The molecule has 0 spiro atoms. The van der Waals surface area contributed by atoms with Crippen LogP contribution in [0, 0.1) is 0 Å². The number of hydrogen-bond donors (Lipinski definition) is 0. The first-order chi connectivity index (χ1) is 5.65. The molecule has 0 fully saturated rings. The number of rotatable bonds is 2. The van der Waals surface area contributed by atoms with Crippen molar-refractivity contribution in [3.8, 4) is 0 Å². The maximum Gasteiger partial charge on any atom is 0.193 e. The number of carbonyl (C=O) groups is 1. The van der Waals surface area contributed by atoms with E-state index in [2.05, 4.69) is 31.9 Å². The minimum absolute atomic E-state index is 0.382. The van der Waals surface area contributed by atoms with Gasteiger partial charge in [0.1, 0.15) is 0 Å². The normalized spacial score (nSPS) is 9.92. The summed E-state index contributed by atoms with van der Waals surface area (Å²) in [7, 11) is 0. The van der Waals surface area contributed by atoms with Crippen LogP contribution >= 0.6 is 31.9 Å². The first-order valence-electron chi connectivity index (χ1n) is 3.19. The van der Waals surface area contributed by atoms with Crippen LogP contribution in [0.25, 0.3) is 0 Å². The number of carbonyl (C=O) groups excluding carboxylic acids is 1. The van der Waals surface area contributed by atoms with Crippen LogP contribution in [0.5, 0.6) is 0 Å². The van der Waals surface area contributed by atoms with E-state index < -0.39 is 12.5 Å². The molecule has 0 aliphatic rings. The highest BCUT2D eigenvalue weighted by molar-refractivity contribution is 9.13. The van der Waals surface area contributed by atoms with Crippen LogP contribution < -0.4 is 0 Å². The average molecular weight is 296 g/mol. The summed E-state index contributed by atoms with van der Waals surface area (Å²) in [6, 6.07) is 4.87. The third-order valence-electron chi connectivity index (χ3n) is 1.36. The number of Topliss-reactive ketones (excluding diaryl/α,β-unsaturated/α-hetero) is 1. The fraction of sp³-hybridized carbons (Fsp3) is 0.125. The second-order valence-electron chi connectivity index (χ2n) is 2.19. The van der Waals surface area contributed by atoms with Gasteiger partial charge in [-0.2, -0.15) is 0 Å². The Morgan fingerprint density at radius 3 is 2.50 bits per heavy atom. The fourth-order valence-electron chi connectivity index (χ4n) is 0.747. The fourth-order valence-corrected chi connectivity index (χ4v) is 1.37. The van der Waals surface area contributed by atoms with Gasteiger partial charge in [0.25, 0.3) is 0 Å². The van der Waals surface area contributed by atoms with Crippen LogP contribution in [0.1, 0.15) is 10.4 Å². The molecule has 4 heteroatoms. The third-order valence-corrected chi connectivity index (χ3v) is 3.24. The van der Waals surface area contributed by atoms with Gasteiger partial charge in [0, 0.05) is 14.5 Å². The maximum absolute atomic E-state index is 11.9. The summed E-state index contributed by atoms with van der Waals surface area (Å²) in [5.74, 6) is -0.497. The highest BCUT2D eigenvalue weighted by Gasteiger charge is 2.06. The van der Waals surface area contributed by atoms with Gasteiger partial charge in [0.15, 0.2) is 12.5 Å². The van der Waals surface area contributed by atoms with E-state index in [1.54, 1.807) is 18.2 Å². The summed E-state index contributed by atoms with van der Waals surface area (Å²) in [6.45, 7) is -0.950. The van der Waals surface area contributed by atoms with Gasteiger partial charge in [-0.15, -0.1) is 0 Å². The smallest absolute Gasteiger partial charge is 0.193 e. The Labute approximate surface area is 86.2 Å². The van der Waals surface area contributed by atoms with Crippen molar-refractivity contribution in [2.75, 3.05) is 6.67 Å². The molecule has 0 N–H and O–H groups in total. The Balaban J connectivity index is 3.05. The van der Waals surface area contributed by atoms with Gasteiger partial charge >= 0.3 is 0 Å². The van der Waals surface area contributed by atoms with Crippen molar-refractivity contribution < 1.29 is 9.18 Å². The molecule has 0 aromatic heterocycles. The summed E-state index contributed by atoms with van der Waals surface area (Å²) in [4.78, 5) is 10.9. The summed E-state index contributed by atoms with van der Waals surface area (Å²) in [6.07, 6.45) is 0. The largest absolute Gasteiger partial charge is 0.291 e. The summed E-state index contributed by atoms with van der Waals surface area (Å²) < 4.78 is 13.5. The van der Waals surface area contributed by atoms with Crippen molar-refractivity contribution in [2.24, 2.45) is 0 Å². The molecule has 0 aliphatic carbocycles. The van der Waals surface area contributed by atoms with Crippen LogP contribution in [-0.2, 0) is 0 Å². The predicted octanol–water partition coefficient (Wildman–Crippen LogP) is 3.36. The zero-order valence-electron chi connectivity index (χ0n) is 5.98. The molecule has 0 saturated heterocycles. The van der Waals surface area contributed by atoms with Crippen LogP contribution in [0.2, 0.25) is 0 Å². The van der Waals surface area contributed by atoms with Crippen molar-refractivity contribution in [1.82, 2.24) is 0 Å². The van der Waals surface area contributed by atoms with Gasteiger partial charge in [-0.25, -0.2) is 4.39 Å². The lowest BCUT2D eigenvalue weighted by Gasteiger charge is -1.98. The monoisotopic (exact) mass is 294 g/mol. The zero-order valence-corrected chi connectivity index (χ0v) is 9.15. The van der Waals surface area contributed by atoms with Crippen molar-refractivity contribution in [1.29, 1.82) is 0 Å². The zero-order chi connectivity index (χ0) is 9.14. The van der Waals surface area contributed by atoms with Crippen molar-refractivity contribution in [3.63, 3.8) is 0 Å². The molecule has 1 aromatic carbocycles. The number of alkyl halides is 1. The third kappa shape index (κ3) is 2.14. The van der Waals surface area contributed by atoms with E-state index in [9.17, 15) is 9.18 Å². The van der Waals surface area contributed by atoms with Gasteiger partial charge < -0.3 is 0 Å². The van der Waals surface area contributed by atoms with Gasteiger partial charge in [-0.05, 0) is 44.0 Å². The minimum atomic E-state index is -0.950. The second-order valence-corrected chi connectivity index (χ2v) is 3.89. The van der Waals surface area contributed by atoms with E-state index in [0.717, 1.165) is 8.95 Å². The maximum atomic E-state index is 11.9. The quantitative estimate of drug-likeness (QED) is 0.765. The number of benzene rings is 1. The molecular weight excluding hydrogens is 291 g/mol. The predicted molar refractivity (Wildman–Crippen MR) is 52.1 cm³/mol. The van der Waals surface area contributed by atoms with Gasteiger partial charge in [0.2, 0.25) is 0 Å².